The van der Waals surface area contributed by atoms with Crippen molar-refractivity contribution >= 4 is 17.7 Å². The molecule has 3 saturated carbocycles. The van der Waals surface area contributed by atoms with E-state index < -0.39 is 34.1 Å². The second kappa shape index (κ2) is 8.98. The second-order valence-corrected chi connectivity index (χ2v) is 13.7. The summed E-state index contributed by atoms with van der Waals surface area (Å²) >= 11 is 0. The molecule has 1 spiro atoms. The van der Waals surface area contributed by atoms with Gasteiger partial charge in [-0.05, 0) is 64.9 Å². The lowest BCUT2D eigenvalue weighted by Gasteiger charge is -2.62. The van der Waals surface area contributed by atoms with Crippen LogP contribution in [0.5, 0.6) is 0 Å². The van der Waals surface area contributed by atoms with Crippen molar-refractivity contribution in [2.75, 3.05) is 6.61 Å². The van der Waals surface area contributed by atoms with Crippen LogP contribution in [-0.4, -0.2) is 65.1 Å². The van der Waals surface area contributed by atoms with Crippen molar-refractivity contribution in [3.8, 4) is 0 Å². The molecule has 0 amide bonds. The maximum atomic E-state index is 13.9. The largest absolute Gasteiger partial charge is 0.458 e. The van der Waals surface area contributed by atoms with Gasteiger partial charge in [0.2, 0.25) is 0 Å². The summed E-state index contributed by atoms with van der Waals surface area (Å²) in [6, 6.07) is 0. The van der Waals surface area contributed by atoms with Gasteiger partial charge < -0.3 is 24.1 Å². The first-order chi connectivity index (χ1) is 18.7. The predicted molar refractivity (Wildman–Crippen MR) is 145 cm³/mol. The Labute approximate surface area is 236 Å². The fourth-order valence-corrected chi connectivity index (χ4v) is 9.78. The summed E-state index contributed by atoms with van der Waals surface area (Å²) < 4.78 is 24.1. The molecule has 4 aliphatic carbocycles. The van der Waals surface area contributed by atoms with Crippen LogP contribution in [0.3, 0.4) is 0 Å². The van der Waals surface area contributed by atoms with Gasteiger partial charge in [-0.2, -0.15) is 0 Å². The molecular formula is C32H44O8. The minimum absolute atomic E-state index is 0.110. The van der Waals surface area contributed by atoms with Crippen LogP contribution in [-0.2, 0) is 33.3 Å². The van der Waals surface area contributed by atoms with Crippen molar-refractivity contribution in [3.63, 3.8) is 0 Å². The third-order valence-corrected chi connectivity index (χ3v) is 12.2. The van der Waals surface area contributed by atoms with E-state index >= 15 is 0 Å². The molecular weight excluding hydrogens is 512 g/mol. The highest BCUT2D eigenvalue weighted by molar-refractivity contribution is 5.90. The van der Waals surface area contributed by atoms with Gasteiger partial charge in [0.15, 0.2) is 0 Å². The van der Waals surface area contributed by atoms with E-state index in [-0.39, 0.29) is 47.8 Å². The van der Waals surface area contributed by atoms with Gasteiger partial charge in [0, 0.05) is 49.7 Å². The number of epoxide rings is 1. The van der Waals surface area contributed by atoms with Gasteiger partial charge in [0.25, 0.3) is 0 Å². The minimum Gasteiger partial charge on any atom is -0.458 e. The van der Waals surface area contributed by atoms with E-state index in [2.05, 4.69) is 6.92 Å². The summed E-state index contributed by atoms with van der Waals surface area (Å²) in [6.45, 7) is 13.8. The number of hydrogen-bond acceptors (Lipinski definition) is 8. The fourth-order valence-electron chi connectivity index (χ4n) is 9.78. The van der Waals surface area contributed by atoms with Gasteiger partial charge in [0.05, 0.1) is 17.6 Å². The molecule has 0 bridgehead atoms. The summed E-state index contributed by atoms with van der Waals surface area (Å²) in [6.07, 6.45) is 4.08. The number of carbonyl (C=O) groups is 3. The molecule has 1 saturated heterocycles. The van der Waals surface area contributed by atoms with E-state index in [1.165, 1.54) is 6.92 Å². The number of ether oxygens (including phenoxy) is 4. The lowest BCUT2D eigenvalue weighted by molar-refractivity contribution is -0.225. The zero-order valence-electron chi connectivity index (χ0n) is 24.9. The van der Waals surface area contributed by atoms with Crippen LogP contribution >= 0.6 is 0 Å². The first-order valence-corrected chi connectivity index (χ1v) is 15.1. The molecule has 0 aromatic rings. The van der Waals surface area contributed by atoms with E-state index in [0.717, 1.165) is 17.6 Å². The normalized spacial score (nSPS) is 48.2. The van der Waals surface area contributed by atoms with E-state index in [9.17, 15) is 19.5 Å². The third kappa shape index (κ3) is 3.45. The number of cyclic esters (lactones) is 1. The molecule has 6 rings (SSSR count). The highest BCUT2D eigenvalue weighted by atomic mass is 16.6. The molecule has 0 aromatic carbocycles. The number of rotatable bonds is 5. The molecule has 11 atom stereocenters. The number of esters is 2. The molecule has 0 aromatic heterocycles. The molecule has 8 nitrogen and oxygen atoms in total. The predicted octanol–water partition coefficient (Wildman–Crippen LogP) is 4.23. The summed E-state index contributed by atoms with van der Waals surface area (Å²) in [5.41, 5.74) is -0.796. The molecule has 2 heterocycles. The van der Waals surface area contributed by atoms with Crippen LogP contribution in [0.1, 0.15) is 87.0 Å². The Bertz CT molecular complexity index is 1220. The van der Waals surface area contributed by atoms with Gasteiger partial charge in [-0.3, -0.25) is 9.59 Å². The first-order valence-electron chi connectivity index (χ1n) is 15.1. The van der Waals surface area contributed by atoms with E-state index in [4.69, 9.17) is 18.9 Å². The SMILES string of the molecule is CCO[C@H]1CC(=O)[C@]2(C)[C@H]3CC[C@]4(C)C([C@H](C)[C@H]5CC(C)=C(C)C(=O)O5)=C[C@H](OC(C)=O)[C@]4(O)[C@@H]3C[C@H]3O[C@]32C1. The van der Waals surface area contributed by atoms with Gasteiger partial charge in [-0.1, -0.05) is 25.0 Å². The number of fused-ring (bicyclic) bond motifs is 4. The maximum Gasteiger partial charge on any atom is 0.333 e. The Kier molecular flexibility index (Phi) is 6.31. The van der Waals surface area contributed by atoms with Crippen LogP contribution in [0, 0.1) is 28.6 Å². The summed E-state index contributed by atoms with van der Waals surface area (Å²) in [5.74, 6) is -1.20. The van der Waals surface area contributed by atoms with Crippen LogP contribution in [0.4, 0.5) is 0 Å². The smallest absolute Gasteiger partial charge is 0.333 e. The van der Waals surface area contributed by atoms with Crippen LogP contribution in [0.25, 0.3) is 0 Å². The van der Waals surface area contributed by atoms with Crippen LogP contribution in [0.15, 0.2) is 22.8 Å². The Morgan fingerprint density at radius 3 is 2.58 bits per heavy atom. The summed E-state index contributed by atoms with van der Waals surface area (Å²) in [5, 5.41) is 13.0. The van der Waals surface area contributed by atoms with Gasteiger partial charge >= 0.3 is 11.9 Å². The van der Waals surface area contributed by atoms with Crippen molar-refractivity contribution in [2.45, 2.75) is 123 Å². The van der Waals surface area contributed by atoms with Crippen molar-refractivity contribution in [1.29, 1.82) is 0 Å². The van der Waals surface area contributed by atoms with Crippen LogP contribution < -0.4 is 0 Å². The lowest BCUT2D eigenvalue weighted by atomic mass is 9.42. The first kappa shape index (κ1) is 28.1. The highest BCUT2D eigenvalue weighted by Gasteiger charge is 2.81. The molecule has 1 N–H and O–H groups in total. The molecule has 0 radical (unpaired) electrons. The zero-order chi connectivity index (χ0) is 29.0. The zero-order valence-corrected chi connectivity index (χ0v) is 24.9. The highest BCUT2D eigenvalue weighted by Crippen LogP contribution is 2.74. The van der Waals surface area contributed by atoms with Crippen molar-refractivity contribution < 1.29 is 38.4 Å². The number of hydrogen-bond donors (Lipinski definition) is 1. The molecule has 2 aliphatic heterocycles. The molecule has 8 heteroatoms. The van der Waals surface area contributed by atoms with Gasteiger partial charge in [0.1, 0.15) is 29.2 Å². The molecule has 4 fully saturated rings. The Balaban J connectivity index is 1.37. The third-order valence-electron chi connectivity index (χ3n) is 12.2. The Morgan fingerprint density at radius 2 is 1.93 bits per heavy atom. The van der Waals surface area contributed by atoms with Crippen molar-refractivity contribution in [2.24, 2.45) is 28.6 Å². The summed E-state index contributed by atoms with van der Waals surface area (Å²) in [7, 11) is 0. The number of Topliss-reactive ketones (excluding diaryl/α,β-unsaturated/α-hetero) is 1. The maximum absolute atomic E-state index is 13.9. The van der Waals surface area contributed by atoms with E-state index in [0.29, 0.717) is 44.3 Å². The van der Waals surface area contributed by atoms with Crippen molar-refractivity contribution in [3.05, 3.63) is 22.8 Å². The van der Waals surface area contributed by atoms with E-state index in [1.54, 1.807) is 6.92 Å². The van der Waals surface area contributed by atoms with Gasteiger partial charge in [-0.15, -0.1) is 0 Å². The molecule has 40 heavy (non-hydrogen) atoms. The lowest BCUT2D eigenvalue weighted by Crippen LogP contribution is -2.69. The monoisotopic (exact) mass is 556 g/mol. The topological polar surface area (TPSA) is 112 Å². The second-order valence-electron chi connectivity index (χ2n) is 13.7. The average Bonchev–Trinajstić information content (AvgIpc) is 3.54. The Hall–Kier alpha value is -2.03. The number of ketones is 1. The van der Waals surface area contributed by atoms with Crippen molar-refractivity contribution in [1.82, 2.24) is 0 Å². The summed E-state index contributed by atoms with van der Waals surface area (Å²) in [4.78, 5) is 38.9. The minimum atomic E-state index is -1.41. The molecule has 0 unspecified atom stereocenters. The quantitative estimate of drug-likeness (QED) is 0.304. The number of aliphatic hydroxyl groups is 1. The fraction of sp³-hybridized carbons (Fsp3) is 0.781. The number of carbonyl (C=O) groups excluding carboxylic acids is 3. The Morgan fingerprint density at radius 1 is 1.20 bits per heavy atom. The van der Waals surface area contributed by atoms with E-state index in [1.807, 2.05) is 33.8 Å². The molecule has 220 valence electrons. The average molecular weight is 557 g/mol. The molecule has 6 aliphatic rings. The standard InChI is InChI=1S/C32H44O8/c1-8-37-20-12-25(34)30(7)21-9-10-29(6)22(18(4)24-11-16(2)17(3)28(35)39-24)13-27(38-19(5)33)32(29,36)23(21)14-26-31(30,15-20)40-26/h13,18,20-21,23-24,26-27,36H,8-12,14-15H2,1-7H3/t18-,20-,21-,23+,24+,26+,27-,29+,30-,31+,32+/m0/s1. The van der Waals surface area contributed by atoms with Crippen LogP contribution in [0.2, 0.25) is 0 Å². The van der Waals surface area contributed by atoms with Gasteiger partial charge in [-0.25, -0.2) is 4.79 Å².